The van der Waals surface area contributed by atoms with Gasteiger partial charge in [-0.1, -0.05) is 23.5 Å². The highest BCUT2D eigenvalue weighted by atomic mass is 32.1. The molecule has 2 heterocycles. The van der Waals surface area contributed by atoms with Crippen molar-refractivity contribution >= 4 is 26.5 Å². The quantitative estimate of drug-likeness (QED) is 0.547. The fourth-order valence-corrected chi connectivity index (χ4v) is 2.59. The number of benzene rings is 1. The van der Waals surface area contributed by atoms with Gasteiger partial charge < -0.3 is 0 Å². The van der Waals surface area contributed by atoms with E-state index in [0.29, 0.717) is 0 Å². The number of aryl methyl sites for hydroxylation is 1. The van der Waals surface area contributed by atoms with Gasteiger partial charge in [0.15, 0.2) is 0 Å². The number of hydrogen-bond acceptors (Lipinski definition) is 3. The molecule has 0 aliphatic rings. The number of nitrogens with zero attached hydrogens (tertiary/aromatic N) is 3. The molecule has 0 saturated heterocycles. The van der Waals surface area contributed by atoms with Gasteiger partial charge in [0.25, 0.3) is 0 Å². The van der Waals surface area contributed by atoms with Gasteiger partial charge in [-0.15, -0.1) is 10.2 Å². The van der Waals surface area contributed by atoms with Crippen molar-refractivity contribution in [2.45, 2.75) is 6.92 Å². The zero-order valence-electron chi connectivity index (χ0n) is 7.06. The Kier molecular flexibility index (Phi) is 1.24. The summed E-state index contributed by atoms with van der Waals surface area (Å²) >= 11 is 1.67. The molecular formula is C9H7N3S. The third-order valence-corrected chi connectivity index (χ3v) is 3.17. The van der Waals surface area contributed by atoms with Crippen LogP contribution in [-0.4, -0.2) is 14.6 Å². The summed E-state index contributed by atoms with van der Waals surface area (Å²) in [5.41, 5.74) is 2.50. The summed E-state index contributed by atoms with van der Waals surface area (Å²) in [6.07, 6.45) is 1.77. The average Bonchev–Trinajstić information content (AvgIpc) is 2.62. The first-order chi connectivity index (χ1) is 6.36. The summed E-state index contributed by atoms with van der Waals surface area (Å²) in [5.74, 6) is 0. The highest BCUT2D eigenvalue weighted by Gasteiger charge is 2.06. The Labute approximate surface area is 78.6 Å². The Morgan fingerprint density at radius 2 is 2.31 bits per heavy atom. The van der Waals surface area contributed by atoms with Crippen molar-refractivity contribution in [3.63, 3.8) is 0 Å². The predicted octanol–water partition coefficient (Wildman–Crippen LogP) is 2.25. The Morgan fingerprint density at radius 3 is 3.23 bits per heavy atom. The molecule has 0 bridgehead atoms. The van der Waals surface area contributed by atoms with Gasteiger partial charge in [-0.2, -0.15) is 0 Å². The number of aromatic nitrogens is 3. The van der Waals surface area contributed by atoms with Crippen LogP contribution < -0.4 is 0 Å². The maximum absolute atomic E-state index is 4.03. The van der Waals surface area contributed by atoms with E-state index in [0.717, 1.165) is 4.96 Å². The normalized spacial score (nSPS) is 11.5. The average molecular weight is 192 g/mol. The standard InChI is InChI=1S/C9H7N3S/c1-6-3-2-4-7-8(6)12-5-10-11-9(12)13-7/h2-5H,1H3/i5+1,10+1,11+1. The molecule has 3 rings (SSSR count). The lowest BCUT2D eigenvalue weighted by Crippen LogP contribution is -1.80. The van der Waals surface area contributed by atoms with E-state index in [2.05, 4.69) is 35.3 Å². The van der Waals surface area contributed by atoms with Gasteiger partial charge in [0.05, 0.1) is 10.2 Å². The van der Waals surface area contributed by atoms with E-state index < -0.39 is 0 Å². The van der Waals surface area contributed by atoms with Crippen LogP contribution in [0.3, 0.4) is 0 Å². The largest absolute Gasteiger partial charge is 0.272 e. The van der Waals surface area contributed by atoms with Crippen LogP contribution in [-0.2, 0) is 0 Å². The molecule has 0 saturated carbocycles. The van der Waals surface area contributed by atoms with Crippen molar-refractivity contribution in [3.05, 3.63) is 30.1 Å². The summed E-state index contributed by atoms with van der Waals surface area (Å²) < 4.78 is 3.31. The number of fused-ring (bicyclic) bond motifs is 3. The number of rotatable bonds is 0. The minimum Gasteiger partial charge on any atom is -0.272 e. The molecule has 0 spiro atoms. The minimum absolute atomic E-state index is 0.962. The van der Waals surface area contributed by atoms with Crippen LogP contribution >= 0.6 is 11.3 Å². The molecule has 0 aliphatic carbocycles. The Hall–Kier alpha value is -1.42. The number of thiazole rings is 1. The first kappa shape index (κ1) is 7.03. The summed E-state index contributed by atoms with van der Waals surface area (Å²) in [6, 6.07) is 6.29. The van der Waals surface area contributed by atoms with E-state index in [1.807, 2.05) is 4.40 Å². The van der Waals surface area contributed by atoms with E-state index in [4.69, 9.17) is 0 Å². The fraction of sp³-hybridized carbons (Fsp3) is 0.111. The van der Waals surface area contributed by atoms with Crippen molar-refractivity contribution in [3.8, 4) is 0 Å². The molecule has 3 aromatic rings. The maximum atomic E-state index is 4.03. The van der Waals surface area contributed by atoms with Crippen LogP contribution in [0.15, 0.2) is 24.5 Å². The molecule has 2 aromatic heterocycles. The fourth-order valence-electron chi connectivity index (χ4n) is 1.57. The second-order valence-corrected chi connectivity index (χ2v) is 4.02. The maximum Gasteiger partial charge on any atom is 0.217 e. The van der Waals surface area contributed by atoms with Gasteiger partial charge in [-0.3, -0.25) is 4.40 Å². The SMILES string of the molecule is Cc1cccc2sc3[15n][15n][13cH]n3c12. The van der Waals surface area contributed by atoms with E-state index in [1.54, 1.807) is 17.7 Å². The molecule has 4 heteroatoms. The van der Waals surface area contributed by atoms with E-state index in [-0.39, 0.29) is 0 Å². The highest BCUT2D eigenvalue weighted by Crippen LogP contribution is 2.26. The van der Waals surface area contributed by atoms with Gasteiger partial charge in [-0.05, 0) is 18.6 Å². The number of hydrogen-bond donors (Lipinski definition) is 0. The minimum atomic E-state index is 0.962. The zero-order valence-corrected chi connectivity index (χ0v) is 7.88. The Balaban J connectivity index is 2.68. The van der Waals surface area contributed by atoms with Crippen molar-refractivity contribution in [2.75, 3.05) is 0 Å². The number of para-hydroxylation sites is 1. The van der Waals surface area contributed by atoms with Gasteiger partial charge in [0.2, 0.25) is 4.96 Å². The van der Waals surface area contributed by atoms with Crippen LogP contribution in [0.25, 0.3) is 15.2 Å². The predicted molar refractivity (Wildman–Crippen MR) is 53.1 cm³/mol. The smallest absolute Gasteiger partial charge is 0.217 e. The van der Waals surface area contributed by atoms with Crippen LogP contribution in [0.4, 0.5) is 0 Å². The van der Waals surface area contributed by atoms with E-state index >= 15 is 0 Å². The molecule has 0 amide bonds. The zero-order chi connectivity index (χ0) is 8.84. The second-order valence-electron chi connectivity index (χ2n) is 3.01. The monoisotopic (exact) mass is 192 g/mol. The molecule has 0 aliphatic heterocycles. The lowest BCUT2D eigenvalue weighted by Gasteiger charge is -1.94. The van der Waals surface area contributed by atoms with Crippen LogP contribution in [0.1, 0.15) is 5.56 Å². The summed E-state index contributed by atoms with van der Waals surface area (Å²) in [7, 11) is 0. The van der Waals surface area contributed by atoms with Crippen molar-refractivity contribution < 1.29 is 0 Å². The topological polar surface area (TPSA) is 30.2 Å². The molecule has 0 N–H and O–H groups in total. The lowest BCUT2D eigenvalue weighted by molar-refractivity contribution is 1.11. The van der Waals surface area contributed by atoms with Gasteiger partial charge in [-0.25, -0.2) is 0 Å². The summed E-state index contributed by atoms with van der Waals surface area (Å²) in [6.45, 7) is 2.11. The van der Waals surface area contributed by atoms with Crippen molar-refractivity contribution in [1.82, 2.24) is 14.6 Å². The summed E-state index contributed by atoms with van der Waals surface area (Å²) in [4.78, 5) is 0.962. The Bertz CT molecular complexity index is 579. The molecule has 1 aromatic carbocycles. The van der Waals surface area contributed by atoms with Crippen LogP contribution in [0, 0.1) is 6.92 Å². The van der Waals surface area contributed by atoms with Crippen molar-refractivity contribution in [1.29, 1.82) is 0 Å². The van der Waals surface area contributed by atoms with Gasteiger partial charge in [0, 0.05) is 0 Å². The van der Waals surface area contributed by atoms with Crippen LogP contribution in [0.5, 0.6) is 0 Å². The molecular weight excluding hydrogens is 185 g/mol. The molecule has 0 unspecified atom stereocenters. The third-order valence-electron chi connectivity index (χ3n) is 2.16. The molecule has 0 atom stereocenters. The first-order valence-electron chi connectivity index (χ1n) is 4.04. The summed E-state index contributed by atoms with van der Waals surface area (Å²) in [5, 5.41) is 7.90. The van der Waals surface area contributed by atoms with Gasteiger partial charge >= 0.3 is 0 Å². The van der Waals surface area contributed by atoms with E-state index in [9.17, 15) is 0 Å². The van der Waals surface area contributed by atoms with Crippen molar-refractivity contribution in [2.24, 2.45) is 0 Å². The van der Waals surface area contributed by atoms with Crippen LogP contribution in [0.2, 0.25) is 0 Å². The molecule has 13 heavy (non-hydrogen) atoms. The first-order valence-corrected chi connectivity index (χ1v) is 4.86. The second kappa shape index (κ2) is 2.29. The molecule has 0 radical (unpaired) electrons. The molecule has 0 fully saturated rings. The molecule has 3 nitrogen and oxygen atoms in total. The molecule has 64 valence electrons. The Morgan fingerprint density at radius 1 is 1.38 bits per heavy atom. The van der Waals surface area contributed by atoms with E-state index in [1.165, 1.54) is 15.8 Å². The van der Waals surface area contributed by atoms with Gasteiger partial charge in [0.1, 0.15) is 6.33 Å². The lowest BCUT2D eigenvalue weighted by atomic mass is 10.2. The third kappa shape index (κ3) is 0.833. The highest BCUT2D eigenvalue weighted by molar-refractivity contribution is 7.23.